The highest BCUT2D eigenvalue weighted by molar-refractivity contribution is 5.82. The Morgan fingerprint density at radius 3 is 2.35 bits per heavy atom. The lowest BCUT2D eigenvalue weighted by atomic mass is 10.2. The first-order chi connectivity index (χ1) is 8.00. The summed E-state index contributed by atoms with van der Waals surface area (Å²) in [5.41, 5.74) is 0. The van der Waals surface area contributed by atoms with Gasteiger partial charge in [0.15, 0.2) is 6.10 Å². The summed E-state index contributed by atoms with van der Waals surface area (Å²) in [5.74, 6) is -2.35. The van der Waals surface area contributed by atoms with E-state index in [9.17, 15) is 14.4 Å². The molecule has 1 fully saturated rings. The zero-order valence-corrected chi connectivity index (χ0v) is 9.22. The van der Waals surface area contributed by atoms with E-state index >= 15 is 0 Å². The zero-order valence-electron chi connectivity index (χ0n) is 9.22. The maximum atomic E-state index is 11.5. The third kappa shape index (κ3) is 4.39. The Morgan fingerprint density at radius 2 is 1.82 bits per heavy atom. The molecule has 0 unspecified atom stereocenters. The number of ether oxygens (including phenoxy) is 1. The maximum Gasteiger partial charge on any atom is 0.332 e. The monoisotopic (exact) mass is 245 g/mol. The van der Waals surface area contributed by atoms with Crippen molar-refractivity contribution in [3.8, 4) is 0 Å². The van der Waals surface area contributed by atoms with Crippen LogP contribution in [-0.2, 0) is 19.1 Å². The van der Waals surface area contributed by atoms with Gasteiger partial charge >= 0.3 is 11.9 Å². The summed E-state index contributed by atoms with van der Waals surface area (Å²) < 4.78 is 5.03. The molecule has 0 saturated carbocycles. The lowest BCUT2D eigenvalue weighted by Gasteiger charge is -2.11. The zero-order chi connectivity index (χ0) is 12.8. The van der Waals surface area contributed by atoms with Crippen LogP contribution in [0.2, 0.25) is 0 Å². The second-order valence-electron chi connectivity index (χ2n) is 3.82. The van der Waals surface area contributed by atoms with E-state index in [1.54, 1.807) is 0 Å². The Labute approximate surface area is 97.8 Å². The van der Waals surface area contributed by atoms with Gasteiger partial charge in [0, 0.05) is 13.0 Å². The second kappa shape index (κ2) is 6.19. The van der Waals surface area contributed by atoms with Crippen LogP contribution in [0, 0.1) is 0 Å². The number of carbonyl (C=O) groups is 3. The number of rotatable bonds is 6. The van der Waals surface area contributed by atoms with Crippen LogP contribution in [0.5, 0.6) is 0 Å². The van der Waals surface area contributed by atoms with Crippen molar-refractivity contribution in [2.75, 3.05) is 6.54 Å². The number of aliphatic carboxylic acids is 2. The van der Waals surface area contributed by atoms with Crippen molar-refractivity contribution in [2.24, 2.45) is 0 Å². The van der Waals surface area contributed by atoms with Crippen molar-refractivity contribution >= 4 is 17.8 Å². The highest BCUT2D eigenvalue weighted by Gasteiger charge is 2.34. The summed E-state index contributed by atoms with van der Waals surface area (Å²) in [7, 11) is 0. The van der Waals surface area contributed by atoms with Gasteiger partial charge in [-0.25, -0.2) is 4.79 Å². The second-order valence-corrected chi connectivity index (χ2v) is 3.82. The molecule has 7 nitrogen and oxygen atoms in total. The van der Waals surface area contributed by atoms with Crippen LogP contribution in [0.1, 0.15) is 25.7 Å². The van der Waals surface area contributed by atoms with Gasteiger partial charge in [-0.15, -0.1) is 0 Å². The van der Waals surface area contributed by atoms with Crippen LogP contribution in [0.3, 0.4) is 0 Å². The molecule has 0 bridgehead atoms. The summed E-state index contributed by atoms with van der Waals surface area (Å²) in [6.07, 6.45) is -0.616. The fraction of sp³-hybridized carbons (Fsp3) is 0.700. The van der Waals surface area contributed by atoms with Crippen molar-refractivity contribution in [3.05, 3.63) is 0 Å². The van der Waals surface area contributed by atoms with E-state index in [4.69, 9.17) is 14.9 Å². The van der Waals surface area contributed by atoms with E-state index in [0.29, 0.717) is 19.3 Å². The van der Waals surface area contributed by atoms with Crippen molar-refractivity contribution in [2.45, 2.75) is 37.9 Å². The van der Waals surface area contributed by atoms with Crippen LogP contribution < -0.4 is 5.32 Å². The minimum atomic E-state index is -1.06. The molecule has 1 aliphatic heterocycles. The average molecular weight is 245 g/mol. The van der Waals surface area contributed by atoms with Crippen molar-refractivity contribution in [1.82, 2.24) is 5.32 Å². The predicted octanol–water partition coefficient (Wildman–Crippen LogP) is -0.400. The molecule has 3 N–H and O–H groups in total. The minimum Gasteiger partial charge on any atom is -0.481 e. The van der Waals surface area contributed by atoms with Gasteiger partial charge in [0.05, 0.1) is 0 Å². The number of carboxylic acids is 2. The summed E-state index contributed by atoms with van der Waals surface area (Å²) in [6.45, 7) is 0.253. The molecule has 0 aliphatic carbocycles. The molecule has 1 amide bonds. The molecule has 17 heavy (non-hydrogen) atoms. The predicted molar refractivity (Wildman–Crippen MR) is 55.4 cm³/mol. The van der Waals surface area contributed by atoms with E-state index in [-0.39, 0.29) is 18.9 Å². The van der Waals surface area contributed by atoms with E-state index < -0.39 is 24.1 Å². The Balaban J connectivity index is 2.21. The Hall–Kier alpha value is -1.63. The van der Waals surface area contributed by atoms with Gasteiger partial charge in [-0.3, -0.25) is 9.59 Å². The first kappa shape index (κ1) is 13.4. The van der Waals surface area contributed by atoms with Gasteiger partial charge in [-0.05, 0) is 19.3 Å². The van der Waals surface area contributed by atoms with Gasteiger partial charge in [0.2, 0.25) is 5.91 Å². The Kier molecular flexibility index (Phi) is 4.89. The summed E-state index contributed by atoms with van der Waals surface area (Å²) >= 11 is 0. The average Bonchev–Trinajstić information content (AvgIpc) is 2.73. The number of hydrogen-bond acceptors (Lipinski definition) is 4. The molecule has 1 aliphatic rings. The molecule has 0 radical (unpaired) electrons. The van der Waals surface area contributed by atoms with Gasteiger partial charge in [0.25, 0.3) is 0 Å². The Bertz CT molecular complexity index is 316. The third-order valence-electron chi connectivity index (χ3n) is 2.45. The summed E-state index contributed by atoms with van der Waals surface area (Å²) in [4.78, 5) is 32.3. The van der Waals surface area contributed by atoms with E-state index in [1.807, 2.05) is 0 Å². The fourth-order valence-electron chi connectivity index (χ4n) is 1.58. The molecule has 2 atom stereocenters. The molecule has 0 aromatic heterocycles. The van der Waals surface area contributed by atoms with Gasteiger partial charge in [-0.1, -0.05) is 0 Å². The van der Waals surface area contributed by atoms with Gasteiger partial charge in [-0.2, -0.15) is 0 Å². The van der Waals surface area contributed by atoms with Gasteiger partial charge < -0.3 is 20.3 Å². The quantitative estimate of drug-likeness (QED) is 0.549. The van der Waals surface area contributed by atoms with Crippen LogP contribution in [0.25, 0.3) is 0 Å². The van der Waals surface area contributed by atoms with Crippen molar-refractivity contribution in [3.63, 3.8) is 0 Å². The standard InChI is InChI=1S/C10H15NO6/c12-8(13)2-1-5-11-9(14)6-3-4-7(17-6)10(15)16/h6-7H,1-5H2,(H,11,14)(H,12,13)(H,15,16)/t6-,7+/m0/s1. The minimum absolute atomic E-state index is 0.0104. The van der Waals surface area contributed by atoms with E-state index in [2.05, 4.69) is 5.32 Å². The van der Waals surface area contributed by atoms with Crippen molar-refractivity contribution < 1.29 is 29.3 Å². The molecule has 0 aromatic carbocycles. The highest BCUT2D eigenvalue weighted by Crippen LogP contribution is 2.19. The van der Waals surface area contributed by atoms with E-state index in [0.717, 1.165) is 0 Å². The molecule has 0 aromatic rings. The number of carbonyl (C=O) groups excluding carboxylic acids is 1. The lowest BCUT2D eigenvalue weighted by molar-refractivity contribution is -0.152. The fourth-order valence-corrected chi connectivity index (χ4v) is 1.58. The highest BCUT2D eigenvalue weighted by atomic mass is 16.5. The largest absolute Gasteiger partial charge is 0.481 e. The van der Waals surface area contributed by atoms with E-state index in [1.165, 1.54) is 0 Å². The first-order valence-corrected chi connectivity index (χ1v) is 5.38. The molecule has 1 heterocycles. The van der Waals surface area contributed by atoms with Crippen LogP contribution in [0.15, 0.2) is 0 Å². The molecule has 1 saturated heterocycles. The van der Waals surface area contributed by atoms with Crippen molar-refractivity contribution in [1.29, 1.82) is 0 Å². The molecular formula is C10H15NO6. The normalized spacial score (nSPS) is 23.3. The summed E-state index contributed by atoms with van der Waals surface area (Å²) in [6, 6.07) is 0. The smallest absolute Gasteiger partial charge is 0.332 e. The van der Waals surface area contributed by atoms with Crippen LogP contribution in [0.4, 0.5) is 0 Å². The third-order valence-corrected chi connectivity index (χ3v) is 2.45. The molecule has 96 valence electrons. The Morgan fingerprint density at radius 1 is 1.18 bits per heavy atom. The van der Waals surface area contributed by atoms with Crippen LogP contribution in [-0.4, -0.2) is 46.8 Å². The number of amides is 1. The maximum absolute atomic E-state index is 11.5. The topological polar surface area (TPSA) is 113 Å². The molecule has 1 rings (SSSR count). The summed E-state index contributed by atoms with van der Waals surface area (Å²) in [5, 5.41) is 19.6. The van der Waals surface area contributed by atoms with Gasteiger partial charge in [0.1, 0.15) is 6.10 Å². The lowest BCUT2D eigenvalue weighted by Crippen LogP contribution is -2.36. The number of carboxylic acid groups (broad SMARTS) is 2. The first-order valence-electron chi connectivity index (χ1n) is 5.38. The molecular weight excluding hydrogens is 230 g/mol. The van der Waals surface area contributed by atoms with Crippen LogP contribution >= 0.6 is 0 Å². The number of hydrogen-bond donors (Lipinski definition) is 3. The molecule has 0 spiro atoms. The molecule has 7 heteroatoms. The SMILES string of the molecule is O=C(O)CCCNC(=O)[C@@H]1CC[C@H](C(=O)O)O1. The number of nitrogens with one attached hydrogen (secondary N) is 1.